The van der Waals surface area contributed by atoms with Crippen LogP contribution in [0.2, 0.25) is 0 Å². The zero-order valence-electron chi connectivity index (χ0n) is 23.0. The van der Waals surface area contributed by atoms with Crippen LogP contribution in [0.3, 0.4) is 0 Å². The predicted octanol–water partition coefficient (Wildman–Crippen LogP) is 4.87. The van der Waals surface area contributed by atoms with Gasteiger partial charge in [0.05, 0.1) is 6.10 Å². The van der Waals surface area contributed by atoms with Gasteiger partial charge in [-0.3, -0.25) is 4.79 Å². The van der Waals surface area contributed by atoms with Gasteiger partial charge in [-0.25, -0.2) is 9.59 Å². The molecule has 0 aliphatic heterocycles. The molecule has 1 aromatic heterocycles. The van der Waals surface area contributed by atoms with Crippen molar-refractivity contribution in [3.63, 3.8) is 0 Å². The van der Waals surface area contributed by atoms with Crippen LogP contribution in [-0.4, -0.2) is 48.2 Å². The second kappa shape index (κ2) is 12.8. The fraction of sp³-hybridized carbons (Fsp3) is 0.400. The molecular weight excluding hydrogens is 514 g/mol. The van der Waals surface area contributed by atoms with Gasteiger partial charge in [0.15, 0.2) is 5.76 Å². The number of ether oxygens (including phenoxy) is 3. The Hall–Kier alpha value is -4.18. The minimum Gasteiger partial charge on any atom is -0.458 e. The molecule has 0 unspecified atom stereocenters. The fourth-order valence-electron chi connectivity index (χ4n) is 4.42. The van der Waals surface area contributed by atoms with Crippen molar-refractivity contribution in [3.05, 3.63) is 71.5 Å². The van der Waals surface area contributed by atoms with Crippen LogP contribution in [0.15, 0.2) is 64.0 Å². The molecule has 1 fully saturated rings. The van der Waals surface area contributed by atoms with Crippen LogP contribution in [0.5, 0.6) is 0 Å². The molecule has 10 heteroatoms. The topological polar surface area (TPSA) is 142 Å². The fourth-order valence-corrected chi connectivity index (χ4v) is 4.42. The minimum absolute atomic E-state index is 0.00203. The Bertz CT molecular complexity index is 1370. The highest BCUT2D eigenvalue weighted by Gasteiger charge is 2.26. The summed E-state index contributed by atoms with van der Waals surface area (Å²) in [7, 11) is 0. The van der Waals surface area contributed by atoms with E-state index in [4.69, 9.17) is 24.4 Å². The van der Waals surface area contributed by atoms with Gasteiger partial charge in [-0.2, -0.15) is 4.99 Å². The quantitative estimate of drug-likeness (QED) is 0.230. The van der Waals surface area contributed by atoms with E-state index in [1.165, 1.54) is 0 Å². The van der Waals surface area contributed by atoms with Gasteiger partial charge >= 0.3 is 12.1 Å². The third-order valence-electron chi connectivity index (χ3n) is 6.32. The SMILES string of the molecule is CC(C)(C)OC(=O)COC1CCC(NC(=O)c2cc3cc(/C(N)=N/C(=O)OCc4ccccc4)ccc3o2)CC1. The molecule has 0 bridgehead atoms. The summed E-state index contributed by atoms with van der Waals surface area (Å²) in [4.78, 5) is 40.6. The number of nitrogens with zero attached hydrogens (tertiary/aromatic N) is 1. The van der Waals surface area contributed by atoms with Gasteiger partial charge in [0, 0.05) is 17.0 Å². The van der Waals surface area contributed by atoms with E-state index >= 15 is 0 Å². The Labute approximate surface area is 232 Å². The highest BCUT2D eigenvalue weighted by atomic mass is 16.6. The summed E-state index contributed by atoms with van der Waals surface area (Å²) in [5.41, 5.74) is 7.33. The van der Waals surface area contributed by atoms with Crippen molar-refractivity contribution >= 4 is 34.8 Å². The van der Waals surface area contributed by atoms with E-state index in [2.05, 4.69) is 10.3 Å². The summed E-state index contributed by atoms with van der Waals surface area (Å²) in [5, 5.41) is 3.66. The van der Waals surface area contributed by atoms with Crippen LogP contribution in [0.25, 0.3) is 11.0 Å². The summed E-state index contributed by atoms with van der Waals surface area (Å²) in [6, 6.07) is 15.9. The van der Waals surface area contributed by atoms with E-state index in [1.54, 1.807) is 24.3 Å². The van der Waals surface area contributed by atoms with E-state index in [0.29, 0.717) is 16.5 Å². The molecule has 3 N–H and O–H groups in total. The van der Waals surface area contributed by atoms with Gasteiger partial charge in [-0.05, 0) is 76.3 Å². The van der Waals surface area contributed by atoms with E-state index in [1.807, 2.05) is 51.1 Å². The average molecular weight is 550 g/mol. The third kappa shape index (κ3) is 8.41. The molecule has 1 heterocycles. The Balaban J connectivity index is 1.27. The van der Waals surface area contributed by atoms with Crippen LogP contribution < -0.4 is 11.1 Å². The van der Waals surface area contributed by atoms with Gasteiger partial charge in [0.25, 0.3) is 5.91 Å². The largest absolute Gasteiger partial charge is 0.458 e. The smallest absolute Gasteiger partial charge is 0.435 e. The molecule has 0 atom stereocenters. The summed E-state index contributed by atoms with van der Waals surface area (Å²) in [5.74, 6) is -0.528. The maximum absolute atomic E-state index is 12.9. The Kier molecular flexibility index (Phi) is 9.21. The highest BCUT2D eigenvalue weighted by molar-refractivity contribution is 6.05. The number of nitrogens with one attached hydrogen (secondary N) is 1. The number of carbonyl (C=O) groups excluding carboxylic acids is 3. The molecule has 10 nitrogen and oxygen atoms in total. The number of furan rings is 1. The van der Waals surface area contributed by atoms with E-state index in [-0.39, 0.29) is 48.8 Å². The van der Waals surface area contributed by atoms with Crippen LogP contribution in [0.1, 0.15) is 68.1 Å². The van der Waals surface area contributed by atoms with Crippen molar-refractivity contribution in [1.82, 2.24) is 5.32 Å². The Morgan fingerprint density at radius 3 is 2.45 bits per heavy atom. The molecule has 2 aromatic carbocycles. The molecule has 1 aliphatic rings. The third-order valence-corrected chi connectivity index (χ3v) is 6.32. The van der Waals surface area contributed by atoms with E-state index in [0.717, 1.165) is 31.2 Å². The van der Waals surface area contributed by atoms with E-state index in [9.17, 15) is 14.4 Å². The summed E-state index contributed by atoms with van der Waals surface area (Å²) in [6.07, 6.45) is 2.06. The normalized spacial score (nSPS) is 17.8. The first-order valence-corrected chi connectivity index (χ1v) is 13.3. The number of carbonyl (C=O) groups is 3. The Morgan fingerprint density at radius 2 is 1.75 bits per heavy atom. The second-order valence-electron chi connectivity index (χ2n) is 10.7. The molecule has 1 aliphatic carbocycles. The molecular formula is C30H35N3O7. The zero-order valence-corrected chi connectivity index (χ0v) is 23.0. The van der Waals surface area contributed by atoms with Gasteiger partial charge in [0.2, 0.25) is 0 Å². The number of aliphatic imine (C=N–C) groups is 1. The summed E-state index contributed by atoms with van der Waals surface area (Å²) in [6.45, 7) is 5.46. The number of amides is 2. The monoisotopic (exact) mass is 549 g/mol. The molecule has 0 spiro atoms. The lowest BCUT2D eigenvalue weighted by molar-refractivity contribution is -0.162. The van der Waals surface area contributed by atoms with Crippen molar-refractivity contribution in [2.24, 2.45) is 10.7 Å². The first-order valence-electron chi connectivity index (χ1n) is 13.3. The number of fused-ring (bicyclic) bond motifs is 1. The van der Waals surface area contributed by atoms with Crippen molar-refractivity contribution in [2.45, 2.75) is 70.8 Å². The molecule has 40 heavy (non-hydrogen) atoms. The van der Waals surface area contributed by atoms with Gasteiger partial charge in [-0.1, -0.05) is 30.3 Å². The molecule has 0 saturated heterocycles. The molecule has 4 rings (SSSR count). The average Bonchev–Trinajstić information content (AvgIpc) is 3.35. The number of hydrogen-bond donors (Lipinski definition) is 2. The standard InChI is InChI=1S/C30H35N3O7/c1-30(2,3)40-26(34)18-37-23-12-10-22(11-13-23)32-28(35)25-16-21-15-20(9-14-24(21)39-25)27(31)33-29(36)38-17-19-7-5-4-6-8-19/h4-9,14-16,22-23H,10-13,17-18H2,1-3H3,(H,32,35)(H2,31,33,36). The van der Waals surface area contributed by atoms with Crippen molar-refractivity contribution < 1.29 is 33.0 Å². The molecule has 2 amide bonds. The van der Waals surface area contributed by atoms with Gasteiger partial charge in [-0.15, -0.1) is 0 Å². The van der Waals surface area contributed by atoms with Crippen molar-refractivity contribution in [1.29, 1.82) is 0 Å². The summed E-state index contributed by atoms with van der Waals surface area (Å²) < 4.78 is 21.9. The maximum Gasteiger partial charge on any atom is 0.435 e. The van der Waals surface area contributed by atoms with Crippen LogP contribution >= 0.6 is 0 Å². The molecule has 0 radical (unpaired) electrons. The lowest BCUT2D eigenvalue weighted by Crippen LogP contribution is -2.39. The second-order valence-corrected chi connectivity index (χ2v) is 10.7. The first kappa shape index (κ1) is 28.8. The van der Waals surface area contributed by atoms with Gasteiger partial charge < -0.3 is 29.7 Å². The predicted molar refractivity (Wildman–Crippen MR) is 149 cm³/mol. The maximum atomic E-state index is 12.9. The summed E-state index contributed by atoms with van der Waals surface area (Å²) >= 11 is 0. The van der Waals surface area contributed by atoms with Crippen molar-refractivity contribution in [2.75, 3.05) is 6.61 Å². The van der Waals surface area contributed by atoms with E-state index < -0.39 is 11.7 Å². The molecule has 212 valence electrons. The first-order chi connectivity index (χ1) is 19.1. The number of benzene rings is 2. The van der Waals surface area contributed by atoms with Crippen LogP contribution in [-0.2, 0) is 25.6 Å². The Morgan fingerprint density at radius 1 is 1.02 bits per heavy atom. The number of rotatable bonds is 8. The van der Waals surface area contributed by atoms with Crippen molar-refractivity contribution in [3.8, 4) is 0 Å². The molecule has 1 saturated carbocycles. The molecule has 3 aromatic rings. The van der Waals surface area contributed by atoms with Crippen LogP contribution in [0, 0.1) is 0 Å². The number of nitrogens with two attached hydrogens (primary N) is 1. The lowest BCUT2D eigenvalue weighted by Gasteiger charge is -2.29. The number of esters is 1. The lowest BCUT2D eigenvalue weighted by atomic mass is 9.93. The number of amidine groups is 1. The minimum atomic E-state index is -0.793. The highest BCUT2D eigenvalue weighted by Crippen LogP contribution is 2.24. The number of hydrogen-bond acceptors (Lipinski definition) is 7. The zero-order chi connectivity index (χ0) is 28.7. The van der Waals surface area contributed by atoms with Crippen LogP contribution in [0.4, 0.5) is 4.79 Å². The van der Waals surface area contributed by atoms with Gasteiger partial charge in [0.1, 0.15) is 30.2 Å².